The van der Waals surface area contributed by atoms with Crippen LogP contribution >= 0.6 is 0 Å². The van der Waals surface area contributed by atoms with Crippen LogP contribution in [0.2, 0.25) is 0 Å². The summed E-state index contributed by atoms with van der Waals surface area (Å²) in [5.74, 6) is 0.637. The van der Waals surface area contributed by atoms with Gasteiger partial charge in [-0.25, -0.2) is 4.98 Å². The Kier molecular flexibility index (Phi) is 6.14. The number of aromatic amines is 1. The van der Waals surface area contributed by atoms with Crippen LogP contribution in [0.5, 0.6) is 0 Å². The lowest BCUT2D eigenvalue weighted by atomic mass is 9.98. The number of rotatable bonds is 4. The molecule has 7 heteroatoms. The molecular weight excluding hydrogens is 390 g/mol. The van der Waals surface area contributed by atoms with Gasteiger partial charge >= 0.3 is 0 Å². The minimum Gasteiger partial charge on any atom is -0.378 e. The van der Waals surface area contributed by atoms with Crippen molar-refractivity contribution in [2.24, 2.45) is 0 Å². The number of carbonyl (C=O) groups is 1. The van der Waals surface area contributed by atoms with Crippen LogP contribution in [0.15, 0.2) is 29.1 Å². The standard InChI is InChI=1S/C24H33N5O2/c1-16(2)28-13-11-20-19(15-28)23(30)26-22(25-20)21-10-5-6-12-29(21)24(31)17-8-7-9-18(14-17)27(3)4/h7-9,14,16,21H,5-6,10-13,15H2,1-4H3,(H,25,26,30). The summed E-state index contributed by atoms with van der Waals surface area (Å²) in [6.07, 6.45) is 3.58. The normalized spacial score (nSPS) is 19.4. The molecule has 7 nitrogen and oxygen atoms in total. The van der Waals surface area contributed by atoms with E-state index in [9.17, 15) is 9.59 Å². The molecule has 2 aromatic rings. The lowest BCUT2D eigenvalue weighted by Gasteiger charge is -2.36. The fourth-order valence-corrected chi connectivity index (χ4v) is 4.61. The second kappa shape index (κ2) is 8.83. The van der Waals surface area contributed by atoms with Crippen molar-refractivity contribution < 1.29 is 4.79 Å². The average Bonchev–Trinajstić information content (AvgIpc) is 2.78. The number of fused-ring (bicyclic) bond motifs is 1. The molecule has 1 N–H and O–H groups in total. The number of hydrogen-bond acceptors (Lipinski definition) is 5. The molecule has 1 aromatic heterocycles. The Bertz CT molecular complexity index is 1010. The fraction of sp³-hybridized carbons (Fsp3) is 0.542. The van der Waals surface area contributed by atoms with Gasteiger partial charge in [0.1, 0.15) is 5.82 Å². The van der Waals surface area contributed by atoms with Crippen LogP contribution < -0.4 is 10.5 Å². The Morgan fingerprint density at radius 2 is 2.03 bits per heavy atom. The third-order valence-electron chi connectivity index (χ3n) is 6.54. The van der Waals surface area contributed by atoms with Gasteiger partial charge in [-0.05, 0) is 51.3 Å². The predicted molar refractivity (Wildman–Crippen MR) is 123 cm³/mol. The maximum absolute atomic E-state index is 13.4. The highest BCUT2D eigenvalue weighted by molar-refractivity contribution is 5.95. The summed E-state index contributed by atoms with van der Waals surface area (Å²) in [6.45, 7) is 6.53. The molecule has 3 heterocycles. The Balaban J connectivity index is 1.64. The lowest BCUT2D eigenvalue weighted by molar-refractivity contribution is 0.0598. The third kappa shape index (κ3) is 4.37. The second-order valence-corrected chi connectivity index (χ2v) is 9.15. The summed E-state index contributed by atoms with van der Waals surface area (Å²) in [6, 6.07) is 7.92. The van der Waals surface area contributed by atoms with Gasteiger partial charge in [-0.2, -0.15) is 0 Å². The quantitative estimate of drug-likeness (QED) is 0.819. The summed E-state index contributed by atoms with van der Waals surface area (Å²) in [7, 11) is 3.94. The first kappa shape index (κ1) is 21.6. The van der Waals surface area contributed by atoms with Gasteiger partial charge in [-0.3, -0.25) is 14.5 Å². The lowest BCUT2D eigenvalue weighted by Crippen LogP contribution is -2.42. The van der Waals surface area contributed by atoms with Crippen molar-refractivity contribution in [3.05, 3.63) is 57.3 Å². The van der Waals surface area contributed by atoms with Crippen LogP contribution in [0.4, 0.5) is 5.69 Å². The van der Waals surface area contributed by atoms with Crippen molar-refractivity contribution >= 4 is 11.6 Å². The molecule has 0 aliphatic carbocycles. The van der Waals surface area contributed by atoms with E-state index in [1.54, 1.807) is 0 Å². The molecule has 1 atom stereocenters. The molecular formula is C24H33N5O2. The molecule has 2 aliphatic rings. The Hall–Kier alpha value is -2.67. The Morgan fingerprint density at radius 3 is 2.77 bits per heavy atom. The smallest absolute Gasteiger partial charge is 0.255 e. The zero-order chi connectivity index (χ0) is 22.1. The number of nitrogens with zero attached hydrogens (tertiary/aromatic N) is 4. The molecule has 0 radical (unpaired) electrons. The first-order valence-corrected chi connectivity index (χ1v) is 11.3. The van der Waals surface area contributed by atoms with Crippen molar-refractivity contribution in [2.75, 3.05) is 32.1 Å². The van der Waals surface area contributed by atoms with Crippen molar-refractivity contribution in [2.45, 2.75) is 58.2 Å². The fourth-order valence-electron chi connectivity index (χ4n) is 4.61. The number of piperidine rings is 1. The van der Waals surface area contributed by atoms with E-state index in [1.165, 1.54) is 0 Å². The van der Waals surface area contributed by atoms with Gasteiger partial charge in [0, 0.05) is 57.4 Å². The Morgan fingerprint density at radius 1 is 1.23 bits per heavy atom. The molecule has 1 fully saturated rings. The second-order valence-electron chi connectivity index (χ2n) is 9.15. The summed E-state index contributed by atoms with van der Waals surface area (Å²) in [5, 5.41) is 0. The van der Waals surface area contributed by atoms with Crippen LogP contribution in [0, 0.1) is 0 Å². The van der Waals surface area contributed by atoms with E-state index < -0.39 is 0 Å². The zero-order valence-electron chi connectivity index (χ0n) is 19.0. The summed E-state index contributed by atoms with van der Waals surface area (Å²) >= 11 is 0. The van der Waals surface area contributed by atoms with Gasteiger partial charge < -0.3 is 14.8 Å². The number of nitrogens with one attached hydrogen (secondary N) is 1. The highest BCUT2D eigenvalue weighted by Crippen LogP contribution is 2.31. The van der Waals surface area contributed by atoms with Crippen LogP contribution in [0.1, 0.15) is 66.6 Å². The number of likely N-dealkylation sites (tertiary alicyclic amines) is 1. The van der Waals surface area contributed by atoms with Gasteiger partial charge in [0.05, 0.1) is 17.3 Å². The number of hydrogen-bond donors (Lipinski definition) is 1. The van der Waals surface area contributed by atoms with Gasteiger partial charge in [0.2, 0.25) is 0 Å². The average molecular weight is 424 g/mol. The van der Waals surface area contributed by atoms with Gasteiger partial charge in [-0.15, -0.1) is 0 Å². The first-order valence-electron chi connectivity index (χ1n) is 11.3. The van der Waals surface area contributed by atoms with E-state index in [0.717, 1.165) is 49.2 Å². The maximum Gasteiger partial charge on any atom is 0.255 e. The van der Waals surface area contributed by atoms with E-state index in [2.05, 4.69) is 23.7 Å². The van der Waals surface area contributed by atoms with Crippen molar-refractivity contribution in [3.8, 4) is 0 Å². The topological polar surface area (TPSA) is 72.5 Å². The largest absolute Gasteiger partial charge is 0.378 e. The van der Waals surface area contributed by atoms with E-state index in [0.29, 0.717) is 30.5 Å². The molecule has 0 spiro atoms. The van der Waals surface area contributed by atoms with Crippen molar-refractivity contribution in [1.29, 1.82) is 0 Å². The summed E-state index contributed by atoms with van der Waals surface area (Å²) in [5.41, 5.74) is 3.28. The molecule has 1 saturated heterocycles. The molecule has 31 heavy (non-hydrogen) atoms. The highest BCUT2D eigenvalue weighted by Gasteiger charge is 2.32. The molecule has 1 aromatic carbocycles. The number of carbonyl (C=O) groups excluding carboxylic acids is 1. The Labute approximate surface area is 184 Å². The highest BCUT2D eigenvalue weighted by atomic mass is 16.2. The van der Waals surface area contributed by atoms with Gasteiger partial charge in [0.25, 0.3) is 11.5 Å². The minimum atomic E-state index is -0.189. The number of anilines is 1. The minimum absolute atomic E-state index is 0.000229. The van der Waals surface area contributed by atoms with Crippen molar-refractivity contribution in [1.82, 2.24) is 19.8 Å². The third-order valence-corrected chi connectivity index (χ3v) is 6.54. The molecule has 0 bridgehead atoms. The zero-order valence-corrected chi connectivity index (χ0v) is 19.0. The van der Waals surface area contributed by atoms with Crippen molar-refractivity contribution in [3.63, 3.8) is 0 Å². The maximum atomic E-state index is 13.4. The number of H-pyrrole nitrogens is 1. The predicted octanol–water partition coefficient (Wildman–Crippen LogP) is 2.97. The van der Waals surface area contributed by atoms with Gasteiger partial charge in [0.15, 0.2) is 0 Å². The van der Waals surface area contributed by atoms with Gasteiger partial charge in [-0.1, -0.05) is 6.07 Å². The molecule has 1 unspecified atom stereocenters. The summed E-state index contributed by atoms with van der Waals surface area (Å²) in [4.78, 5) is 40.5. The molecule has 4 rings (SSSR count). The molecule has 0 saturated carbocycles. The number of benzene rings is 1. The first-order chi connectivity index (χ1) is 14.8. The van der Waals surface area contributed by atoms with Crippen LogP contribution in [0.25, 0.3) is 0 Å². The molecule has 1 amide bonds. The number of aromatic nitrogens is 2. The SMILES string of the molecule is CC(C)N1CCc2nc(C3CCCCN3C(=O)c3cccc(N(C)C)c3)[nH]c(=O)c2C1. The van der Waals surface area contributed by atoms with Crippen LogP contribution in [-0.4, -0.2) is 58.9 Å². The molecule has 2 aliphatic heterocycles. The molecule has 166 valence electrons. The number of amides is 1. The van der Waals surface area contributed by atoms with E-state index in [4.69, 9.17) is 4.98 Å². The van der Waals surface area contributed by atoms with E-state index >= 15 is 0 Å². The van der Waals surface area contributed by atoms with E-state index in [-0.39, 0.29) is 17.5 Å². The summed E-state index contributed by atoms with van der Waals surface area (Å²) < 4.78 is 0. The van der Waals surface area contributed by atoms with E-state index in [1.807, 2.05) is 48.2 Å². The monoisotopic (exact) mass is 423 g/mol. The van der Waals surface area contributed by atoms with Crippen LogP contribution in [0.3, 0.4) is 0 Å². The van der Waals surface area contributed by atoms with Crippen LogP contribution in [-0.2, 0) is 13.0 Å².